The Morgan fingerprint density at radius 1 is 1.35 bits per heavy atom. The maximum absolute atomic E-state index is 13.2. The zero-order valence-corrected chi connectivity index (χ0v) is 11.8. The van der Waals surface area contributed by atoms with Gasteiger partial charge in [0.05, 0.1) is 17.0 Å². The van der Waals surface area contributed by atoms with Crippen LogP contribution in [0.2, 0.25) is 0 Å². The van der Waals surface area contributed by atoms with Crippen molar-refractivity contribution in [1.29, 1.82) is 0 Å². The second-order valence-electron chi connectivity index (χ2n) is 4.52. The highest BCUT2D eigenvalue weighted by molar-refractivity contribution is 5.67. The molecule has 2 aromatic rings. The van der Waals surface area contributed by atoms with Gasteiger partial charge in [0.1, 0.15) is 12.9 Å². The Labute approximate surface area is 115 Å². The van der Waals surface area contributed by atoms with Crippen molar-refractivity contribution in [3.05, 3.63) is 28.9 Å². The van der Waals surface area contributed by atoms with Gasteiger partial charge in [-0.1, -0.05) is 13.8 Å². The minimum absolute atomic E-state index is 0.168. The van der Waals surface area contributed by atoms with E-state index in [4.69, 9.17) is 4.84 Å². The molecule has 2 N–H and O–H groups in total. The molecule has 0 aliphatic rings. The molecule has 0 spiro atoms. The fraction of sp³-hybridized carbons (Fsp3) is 0.462. The highest BCUT2D eigenvalue weighted by Crippen LogP contribution is 2.09. The van der Waals surface area contributed by atoms with E-state index < -0.39 is 5.82 Å². The van der Waals surface area contributed by atoms with Crippen LogP contribution in [0.15, 0.2) is 18.2 Å². The van der Waals surface area contributed by atoms with Crippen LogP contribution in [0.5, 0.6) is 0 Å². The van der Waals surface area contributed by atoms with Crippen molar-refractivity contribution in [1.82, 2.24) is 5.10 Å². The fourth-order valence-electron chi connectivity index (χ4n) is 2.12. The number of halogens is 1. The molecule has 0 saturated carbocycles. The van der Waals surface area contributed by atoms with E-state index in [1.54, 1.807) is 0 Å². The fourth-order valence-corrected chi connectivity index (χ4v) is 2.12. The van der Waals surface area contributed by atoms with E-state index in [2.05, 4.69) is 24.3 Å². The number of anilines is 1. The Kier molecular flexibility index (Phi) is 4.16. The highest BCUT2D eigenvalue weighted by atomic mass is 19.1. The summed E-state index contributed by atoms with van der Waals surface area (Å²) in [5.74, 6) is -0.0471. The van der Waals surface area contributed by atoms with Crippen LogP contribution < -0.4 is 19.4 Å². The molecule has 0 fully saturated rings. The Hall–Kier alpha value is -2.18. The summed E-state index contributed by atoms with van der Waals surface area (Å²) in [5, 5.41) is 5.83. The van der Waals surface area contributed by atoms with Gasteiger partial charge >= 0.3 is 11.5 Å². The van der Waals surface area contributed by atoms with Crippen LogP contribution >= 0.6 is 0 Å². The number of fused-ring (bicyclic) bond motifs is 1. The minimum Gasteiger partial charge on any atom is -0.359 e. The molecule has 0 aliphatic heterocycles. The lowest BCUT2D eigenvalue weighted by atomic mass is 10.2. The monoisotopic (exact) mass is 282 g/mol. The third-order valence-corrected chi connectivity index (χ3v) is 3.29. The summed E-state index contributed by atoms with van der Waals surface area (Å²) in [6.07, 6.45) is 1.82. The van der Waals surface area contributed by atoms with Gasteiger partial charge in [-0.05, 0) is 29.7 Å². The van der Waals surface area contributed by atoms with Gasteiger partial charge in [0.2, 0.25) is 10.1 Å². The van der Waals surface area contributed by atoms with Gasteiger partial charge in [0, 0.05) is 5.10 Å². The van der Waals surface area contributed by atoms with Crippen molar-refractivity contribution in [2.75, 3.05) is 12.4 Å². The first kappa shape index (κ1) is 14.2. The summed E-state index contributed by atoms with van der Waals surface area (Å²) in [4.78, 5) is 17.3. The van der Waals surface area contributed by atoms with Crippen LogP contribution in [-0.4, -0.2) is 18.3 Å². The second kappa shape index (κ2) is 5.85. The van der Waals surface area contributed by atoms with Crippen molar-refractivity contribution >= 4 is 17.0 Å². The standard InChI is InChI=1S/C13H18FN4O2/c1-4-10(5-2)15-13-16-18(19)12-8-9(14)6-7-11(12)17(13)20-3/h6-8,10H,4-5H2,1-3H3,(H,15,16,19)/q+1/p+1. The number of aromatic nitrogens is 3. The van der Waals surface area contributed by atoms with E-state index in [1.165, 1.54) is 24.0 Å². The van der Waals surface area contributed by atoms with Crippen molar-refractivity contribution < 1.29 is 18.5 Å². The molecule has 7 heteroatoms. The van der Waals surface area contributed by atoms with Crippen LogP contribution in [0, 0.1) is 10.7 Å². The number of nitrogens with zero attached hydrogens (tertiary/aromatic N) is 2. The Balaban J connectivity index is 2.61. The van der Waals surface area contributed by atoms with Crippen LogP contribution in [0.3, 0.4) is 0 Å². The van der Waals surface area contributed by atoms with Gasteiger partial charge < -0.3 is 4.84 Å². The number of nitrogens with one attached hydrogen (secondary N) is 2. The van der Waals surface area contributed by atoms with Crippen molar-refractivity contribution in [3.8, 4) is 0 Å². The van der Waals surface area contributed by atoms with Gasteiger partial charge in [-0.15, -0.1) is 0 Å². The summed E-state index contributed by atoms with van der Waals surface area (Å²) in [6.45, 7) is 4.11. The predicted octanol–water partition coefficient (Wildman–Crippen LogP) is 1.17. The van der Waals surface area contributed by atoms with Crippen molar-refractivity contribution in [3.63, 3.8) is 0 Å². The summed E-state index contributed by atoms with van der Waals surface area (Å²) >= 11 is 0. The molecule has 0 unspecified atom stereocenters. The Morgan fingerprint density at radius 3 is 2.65 bits per heavy atom. The smallest absolute Gasteiger partial charge is 0.359 e. The summed E-state index contributed by atoms with van der Waals surface area (Å²) in [6, 6.07) is 4.17. The molecule has 0 aliphatic carbocycles. The molecule has 0 saturated heterocycles. The quantitative estimate of drug-likeness (QED) is 0.809. The van der Waals surface area contributed by atoms with Crippen LogP contribution in [0.4, 0.5) is 10.3 Å². The lowest BCUT2D eigenvalue weighted by molar-refractivity contribution is -0.862. The van der Waals surface area contributed by atoms with Crippen LogP contribution in [0.25, 0.3) is 11.0 Å². The number of H-pyrrole nitrogens is 1. The lowest BCUT2D eigenvalue weighted by Gasteiger charge is -2.11. The summed E-state index contributed by atoms with van der Waals surface area (Å²) < 4.78 is 15.2. The minimum atomic E-state index is -0.473. The maximum Gasteiger partial charge on any atom is 0.449 e. The van der Waals surface area contributed by atoms with Gasteiger partial charge in [-0.25, -0.2) is 4.39 Å². The van der Waals surface area contributed by atoms with Crippen molar-refractivity contribution in [2.24, 2.45) is 0 Å². The molecule has 20 heavy (non-hydrogen) atoms. The molecule has 0 radical (unpaired) electrons. The van der Waals surface area contributed by atoms with E-state index in [1.807, 2.05) is 0 Å². The normalized spacial score (nSPS) is 11.1. The Morgan fingerprint density at radius 2 is 2.05 bits per heavy atom. The van der Waals surface area contributed by atoms with E-state index >= 15 is 0 Å². The first-order valence-corrected chi connectivity index (χ1v) is 6.61. The number of aromatic amines is 1. The first-order valence-electron chi connectivity index (χ1n) is 6.61. The average molecular weight is 282 g/mol. The molecule has 6 nitrogen and oxygen atoms in total. The van der Waals surface area contributed by atoms with E-state index in [0.717, 1.165) is 18.9 Å². The van der Waals surface area contributed by atoms with Gasteiger partial charge in [0.15, 0.2) is 0 Å². The zero-order valence-electron chi connectivity index (χ0n) is 11.8. The number of rotatable bonds is 5. The molecule has 108 valence electrons. The second-order valence-corrected chi connectivity index (χ2v) is 4.52. The predicted molar refractivity (Wildman–Crippen MR) is 72.3 cm³/mol. The molecule has 0 bridgehead atoms. The first-order chi connectivity index (χ1) is 9.60. The van der Waals surface area contributed by atoms with Crippen molar-refractivity contribution in [2.45, 2.75) is 32.7 Å². The average Bonchev–Trinajstić information content (AvgIpc) is 2.45. The summed E-state index contributed by atoms with van der Waals surface area (Å²) in [5.41, 5.74) is 0.651. The molecular weight excluding hydrogens is 263 g/mol. The Bertz CT molecular complexity index is 667. The molecule has 1 heterocycles. The molecule has 2 rings (SSSR count). The molecule has 0 amide bonds. The van der Waals surface area contributed by atoms with Gasteiger partial charge in [-0.3, -0.25) is 5.32 Å². The number of benzene rings is 1. The number of hydrogen-bond donors (Lipinski definition) is 2. The molecular formula is C13H19FN4O2+2. The largest absolute Gasteiger partial charge is 0.449 e. The topological polar surface area (TPSA) is 63.9 Å². The molecule has 0 atom stereocenters. The highest BCUT2D eigenvalue weighted by Gasteiger charge is 2.26. The van der Waals surface area contributed by atoms with Crippen LogP contribution in [0.1, 0.15) is 26.7 Å². The zero-order chi connectivity index (χ0) is 14.7. The molecule has 1 aromatic heterocycles. The van der Waals surface area contributed by atoms with Crippen LogP contribution in [-0.2, 0) is 0 Å². The molecule has 1 aromatic carbocycles. The SMILES string of the molecule is CCC(CC)Nc1[nH][n+](=O)c2cc(F)ccc2[n+]1OC. The maximum atomic E-state index is 13.2. The van der Waals surface area contributed by atoms with E-state index in [9.17, 15) is 9.30 Å². The third-order valence-electron chi connectivity index (χ3n) is 3.29. The van der Waals surface area contributed by atoms with Gasteiger partial charge in [0.25, 0.3) is 0 Å². The van der Waals surface area contributed by atoms with Gasteiger partial charge in [-0.2, -0.15) is 0 Å². The third kappa shape index (κ3) is 2.56. The summed E-state index contributed by atoms with van der Waals surface area (Å²) in [7, 11) is 1.49. The van der Waals surface area contributed by atoms with E-state index in [0.29, 0.717) is 16.0 Å². The number of hydrogen-bond acceptors (Lipinski definition) is 3. The van der Waals surface area contributed by atoms with E-state index in [-0.39, 0.29) is 11.6 Å². The lowest BCUT2D eigenvalue weighted by Crippen LogP contribution is -2.49.